The number of aliphatic carboxylic acids is 1. The van der Waals surface area contributed by atoms with Gasteiger partial charge in [-0.2, -0.15) is 11.8 Å². The van der Waals surface area contributed by atoms with E-state index in [0.29, 0.717) is 27.8 Å². The third kappa shape index (κ3) is 10.7. The van der Waals surface area contributed by atoms with Crippen LogP contribution in [0.4, 0.5) is 4.79 Å². The Labute approximate surface area is 281 Å². The van der Waals surface area contributed by atoms with Crippen LogP contribution in [0.25, 0.3) is 10.9 Å². The lowest BCUT2D eigenvalue weighted by molar-refractivity contribution is -0.141. The fraction of sp³-hybridized carbons (Fsp3) is 0.333. The van der Waals surface area contributed by atoms with Crippen LogP contribution in [-0.4, -0.2) is 88.1 Å². The number of aromatic nitrogens is 1. The van der Waals surface area contributed by atoms with Crippen LogP contribution in [0.5, 0.6) is 0 Å². The number of nitrogens with zero attached hydrogens (tertiary/aromatic N) is 1. The number of nitrogens with one attached hydrogen (secondary N) is 3. The number of hydrogen-bond acceptors (Lipinski definition) is 9. The summed E-state index contributed by atoms with van der Waals surface area (Å²) in [4.78, 5) is 76.2. The number of rotatable bonds is 18. The summed E-state index contributed by atoms with van der Waals surface area (Å²) in [5.41, 5.74) is 13.6. The molecule has 8 N–H and O–H groups in total. The summed E-state index contributed by atoms with van der Waals surface area (Å²) < 4.78 is 6.47. The first-order valence-electron chi connectivity index (χ1n) is 15.0. The van der Waals surface area contributed by atoms with Gasteiger partial charge in [-0.15, -0.1) is 0 Å². The number of carboxylic acids is 1. The maximum atomic E-state index is 13.4. The van der Waals surface area contributed by atoms with Gasteiger partial charge in [0.1, 0.15) is 24.7 Å². The smallest absolute Gasteiger partial charge is 0.418 e. The number of benzene rings is 2. The highest BCUT2D eigenvalue weighted by Gasteiger charge is 2.31. The Kier molecular flexibility index (Phi) is 14.2. The van der Waals surface area contributed by atoms with Crippen LogP contribution in [0, 0.1) is 0 Å². The Morgan fingerprint density at radius 3 is 2.19 bits per heavy atom. The second-order valence-electron chi connectivity index (χ2n) is 10.9. The molecule has 1 heterocycles. The number of primary amides is 1. The number of carbonyl (C=O) groups is 6. The van der Waals surface area contributed by atoms with Gasteiger partial charge in [-0.05, 0) is 42.0 Å². The number of carbonyl (C=O) groups excluding carboxylic acids is 5. The monoisotopic (exact) mass is 680 g/mol. The fourth-order valence-corrected chi connectivity index (χ4v) is 5.35. The minimum Gasteiger partial charge on any atom is -0.481 e. The molecule has 15 heteroatoms. The molecule has 3 aromatic rings. The topological polar surface area (TPSA) is 225 Å². The van der Waals surface area contributed by atoms with Crippen LogP contribution in [0.2, 0.25) is 0 Å². The molecule has 0 saturated carbocycles. The van der Waals surface area contributed by atoms with E-state index in [1.807, 2.05) is 0 Å². The predicted octanol–water partition coefficient (Wildman–Crippen LogP) is 1.09. The summed E-state index contributed by atoms with van der Waals surface area (Å²) in [5, 5.41) is 17.6. The molecular weight excluding hydrogens is 640 g/mol. The molecule has 0 aliphatic heterocycles. The molecule has 48 heavy (non-hydrogen) atoms. The third-order valence-electron chi connectivity index (χ3n) is 7.29. The van der Waals surface area contributed by atoms with Gasteiger partial charge in [0.15, 0.2) is 0 Å². The van der Waals surface area contributed by atoms with E-state index in [1.165, 1.54) is 28.6 Å². The molecule has 0 fully saturated rings. The van der Waals surface area contributed by atoms with Gasteiger partial charge in [0.25, 0.3) is 0 Å². The van der Waals surface area contributed by atoms with Crippen molar-refractivity contribution in [3.05, 3.63) is 84.6 Å². The molecule has 0 unspecified atom stereocenters. The molecule has 4 atom stereocenters. The third-order valence-corrected chi connectivity index (χ3v) is 7.93. The first-order chi connectivity index (χ1) is 22.9. The first-order valence-corrected chi connectivity index (χ1v) is 16.4. The number of ether oxygens (including phenoxy) is 1. The standard InChI is InChI=1S/C33H40N6O8S/c1-3-14-47-33(46)39-19-21(22-11-7-8-12-27(22)39)17-23(34)30(43)36-24(13-15-48-2)31(44)38-26(18-28(40)41)32(45)37-25(29(35)42)16-20-9-5-4-6-10-20/h3-12,19,23-26H,1,13-18,34H2,2H3,(H2,35,42)(H,36,43)(H,37,45)(H,38,44)(H,40,41)/t23-,24-,25-,26-/m0/s1. The Balaban J connectivity index is 1.74. The number of thioether (sulfide) groups is 1. The van der Waals surface area contributed by atoms with Crippen molar-refractivity contribution in [2.75, 3.05) is 18.6 Å². The van der Waals surface area contributed by atoms with Crippen LogP contribution < -0.4 is 27.4 Å². The quantitative estimate of drug-likeness (QED) is 0.105. The summed E-state index contributed by atoms with van der Waals surface area (Å²) in [6, 6.07) is 10.7. The lowest BCUT2D eigenvalue weighted by atomic mass is 10.0. The number of fused-ring (bicyclic) bond motifs is 1. The number of amides is 4. The summed E-state index contributed by atoms with van der Waals surface area (Å²) in [5.74, 6) is -4.22. The van der Waals surface area contributed by atoms with E-state index in [1.54, 1.807) is 60.9 Å². The largest absolute Gasteiger partial charge is 0.481 e. The second kappa shape index (κ2) is 18.3. The minimum atomic E-state index is -1.58. The van der Waals surface area contributed by atoms with E-state index < -0.39 is 66.3 Å². The Morgan fingerprint density at radius 1 is 0.917 bits per heavy atom. The van der Waals surface area contributed by atoms with E-state index >= 15 is 0 Å². The highest BCUT2D eigenvalue weighted by atomic mass is 32.2. The van der Waals surface area contributed by atoms with Crippen molar-refractivity contribution in [1.29, 1.82) is 0 Å². The Bertz CT molecular complexity index is 1630. The predicted molar refractivity (Wildman–Crippen MR) is 181 cm³/mol. The zero-order chi connectivity index (χ0) is 35.2. The lowest BCUT2D eigenvalue weighted by Crippen LogP contribution is -2.58. The van der Waals surface area contributed by atoms with Crippen LogP contribution in [0.15, 0.2) is 73.4 Å². The number of carboxylic acid groups (broad SMARTS) is 1. The number of nitrogens with two attached hydrogens (primary N) is 2. The van der Waals surface area contributed by atoms with Crippen molar-refractivity contribution in [2.24, 2.45) is 11.5 Å². The van der Waals surface area contributed by atoms with Gasteiger partial charge in [-0.3, -0.25) is 28.5 Å². The van der Waals surface area contributed by atoms with Gasteiger partial charge >= 0.3 is 12.1 Å². The van der Waals surface area contributed by atoms with Gasteiger partial charge in [-0.1, -0.05) is 61.2 Å². The Morgan fingerprint density at radius 2 is 1.54 bits per heavy atom. The van der Waals surface area contributed by atoms with Gasteiger partial charge in [-0.25, -0.2) is 4.79 Å². The van der Waals surface area contributed by atoms with Crippen molar-refractivity contribution < 1.29 is 38.6 Å². The van der Waals surface area contributed by atoms with E-state index in [9.17, 15) is 33.9 Å². The summed E-state index contributed by atoms with van der Waals surface area (Å²) in [7, 11) is 0. The zero-order valence-electron chi connectivity index (χ0n) is 26.4. The van der Waals surface area contributed by atoms with Gasteiger partial charge < -0.3 is 37.3 Å². The van der Waals surface area contributed by atoms with Crippen LogP contribution in [-0.2, 0) is 41.6 Å². The maximum absolute atomic E-state index is 13.4. The molecule has 3 rings (SSSR count). The molecule has 0 radical (unpaired) electrons. The minimum absolute atomic E-state index is 0.00488. The zero-order valence-corrected chi connectivity index (χ0v) is 27.2. The fourth-order valence-electron chi connectivity index (χ4n) is 4.88. The highest BCUT2D eigenvalue weighted by Crippen LogP contribution is 2.23. The molecule has 0 aliphatic rings. The van der Waals surface area contributed by atoms with Gasteiger partial charge in [0.05, 0.1) is 18.0 Å². The molecular formula is C33H40N6O8S. The normalized spacial score (nSPS) is 13.4. The lowest BCUT2D eigenvalue weighted by Gasteiger charge is -2.25. The summed E-state index contributed by atoms with van der Waals surface area (Å²) in [6.45, 7) is 3.55. The SMILES string of the molecule is C=CCOC(=O)n1cc(C[C@H](N)C(=O)N[C@@H](CCSC)C(=O)N[C@@H](CC(=O)O)C(=O)N[C@@H](Cc2ccccc2)C(N)=O)c2ccccc21. The van der Waals surface area contributed by atoms with Crippen molar-refractivity contribution in [2.45, 2.75) is 49.9 Å². The van der Waals surface area contributed by atoms with Crippen molar-refractivity contribution >= 4 is 58.4 Å². The second-order valence-corrected chi connectivity index (χ2v) is 11.9. The van der Waals surface area contributed by atoms with Crippen LogP contribution in [0.1, 0.15) is 24.0 Å². The molecule has 2 aromatic carbocycles. The van der Waals surface area contributed by atoms with E-state index in [4.69, 9.17) is 16.2 Å². The van der Waals surface area contributed by atoms with Crippen molar-refractivity contribution in [3.63, 3.8) is 0 Å². The van der Waals surface area contributed by atoms with E-state index in [2.05, 4.69) is 22.5 Å². The molecule has 0 bridgehead atoms. The molecule has 1 aromatic heterocycles. The molecule has 0 spiro atoms. The van der Waals surface area contributed by atoms with Crippen LogP contribution >= 0.6 is 11.8 Å². The number of para-hydroxylation sites is 1. The number of hydrogen-bond donors (Lipinski definition) is 6. The average Bonchev–Trinajstić information content (AvgIpc) is 3.43. The molecule has 14 nitrogen and oxygen atoms in total. The molecule has 0 aliphatic carbocycles. The maximum Gasteiger partial charge on any atom is 0.418 e. The molecule has 256 valence electrons. The molecule has 4 amide bonds. The van der Waals surface area contributed by atoms with Crippen molar-refractivity contribution in [1.82, 2.24) is 20.5 Å². The summed E-state index contributed by atoms with van der Waals surface area (Å²) in [6.07, 6.45) is 3.54. The van der Waals surface area contributed by atoms with Gasteiger partial charge in [0, 0.05) is 18.0 Å². The van der Waals surface area contributed by atoms with Gasteiger partial charge in [0.2, 0.25) is 23.6 Å². The first kappa shape index (κ1) is 37.3. The highest BCUT2D eigenvalue weighted by molar-refractivity contribution is 7.98. The Hall–Kier alpha value is -5.15. The van der Waals surface area contributed by atoms with Crippen LogP contribution in [0.3, 0.4) is 0 Å². The summed E-state index contributed by atoms with van der Waals surface area (Å²) >= 11 is 1.41. The van der Waals surface area contributed by atoms with E-state index in [0.717, 1.165) is 0 Å². The van der Waals surface area contributed by atoms with Crippen molar-refractivity contribution in [3.8, 4) is 0 Å². The average molecular weight is 681 g/mol. The van der Waals surface area contributed by atoms with E-state index in [-0.39, 0.29) is 25.9 Å². The molecule has 0 saturated heterocycles.